The molecule has 0 aliphatic rings. The molecule has 0 bridgehead atoms. The number of carboxylic acids is 1. The average Bonchev–Trinajstić information content (AvgIpc) is 2.41. The highest BCUT2D eigenvalue weighted by Crippen LogP contribution is 2.14. The maximum atomic E-state index is 12.2. The lowest BCUT2D eigenvalue weighted by atomic mass is 10.2. The molecule has 6 heteroatoms. The molecule has 1 aromatic carbocycles. The van der Waals surface area contributed by atoms with E-state index in [4.69, 9.17) is 5.11 Å². The van der Waals surface area contributed by atoms with Gasteiger partial charge in [0.25, 0.3) is 5.56 Å². The molecular weight excluding hydrogens is 258 g/mol. The summed E-state index contributed by atoms with van der Waals surface area (Å²) in [6.07, 6.45) is 3.15. The Morgan fingerprint density at radius 2 is 2.15 bits per heavy atom. The standard InChI is InChI=1S/C14H15N3O3/c1-9(2)17-7-6-15-12(13(17)18)16-11-5-3-4-10(8-11)14(19)20/h3-9H,1-2H3,(H,15,16)(H,19,20). The Morgan fingerprint density at radius 3 is 2.80 bits per heavy atom. The van der Waals surface area contributed by atoms with Crippen molar-refractivity contribution in [3.8, 4) is 0 Å². The molecule has 0 radical (unpaired) electrons. The predicted octanol–water partition coefficient (Wildman–Crippen LogP) is 2.27. The van der Waals surface area contributed by atoms with Gasteiger partial charge in [0.1, 0.15) is 0 Å². The predicted molar refractivity (Wildman–Crippen MR) is 75.6 cm³/mol. The number of anilines is 2. The van der Waals surface area contributed by atoms with Gasteiger partial charge in [-0.15, -0.1) is 0 Å². The number of benzene rings is 1. The quantitative estimate of drug-likeness (QED) is 0.892. The van der Waals surface area contributed by atoms with Crippen LogP contribution in [0.15, 0.2) is 41.5 Å². The van der Waals surface area contributed by atoms with E-state index in [1.54, 1.807) is 22.9 Å². The summed E-state index contributed by atoms with van der Waals surface area (Å²) in [4.78, 5) is 27.1. The van der Waals surface area contributed by atoms with Crippen molar-refractivity contribution >= 4 is 17.5 Å². The number of hydrogen-bond donors (Lipinski definition) is 2. The third-order valence-corrected chi connectivity index (χ3v) is 2.80. The van der Waals surface area contributed by atoms with Gasteiger partial charge in [0, 0.05) is 24.1 Å². The maximum absolute atomic E-state index is 12.2. The number of aromatic nitrogens is 2. The minimum atomic E-state index is -1.02. The van der Waals surface area contributed by atoms with Gasteiger partial charge >= 0.3 is 5.97 Å². The van der Waals surface area contributed by atoms with E-state index >= 15 is 0 Å². The van der Waals surface area contributed by atoms with E-state index in [-0.39, 0.29) is 23.0 Å². The Labute approximate surface area is 115 Å². The first kappa shape index (κ1) is 13.8. The number of aromatic carboxylic acids is 1. The normalized spacial score (nSPS) is 10.6. The second-order valence-corrected chi connectivity index (χ2v) is 4.59. The van der Waals surface area contributed by atoms with Gasteiger partial charge < -0.3 is 15.0 Å². The SMILES string of the molecule is CC(C)n1ccnc(Nc2cccc(C(=O)O)c2)c1=O. The molecule has 6 nitrogen and oxygen atoms in total. The molecule has 0 atom stereocenters. The molecule has 2 rings (SSSR count). The first-order valence-electron chi connectivity index (χ1n) is 6.16. The van der Waals surface area contributed by atoms with Gasteiger partial charge in [-0.2, -0.15) is 0 Å². The average molecular weight is 273 g/mol. The summed E-state index contributed by atoms with van der Waals surface area (Å²) >= 11 is 0. The zero-order valence-corrected chi connectivity index (χ0v) is 11.2. The minimum absolute atomic E-state index is 0.0244. The van der Waals surface area contributed by atoms with Crippen LogP contribution >= 0.6 is 0 Å². The highest BCUT2D eigenvalue weighted by molar-refractivity contribution is 5.89. The van der Waals surface area contributed by atoms with Crippen molar-refractivity contribution in [1.82, 2.24) is 9.55 Å². The summed E-state index contributed by atoms with van der Waals surface area (Å²) < 4.78 is 1.55. The first-order valence-corrected chi connectivity index (χ1v) is 6.16. The number of nitrogens with one attached hydrogen (secondary N) is 1. The maximum Gasteiger partial charge on any atom is 0.335 e. The molecule has 104 valence electrons. The van der Waals surface area contributed by atoms with Crippen LogP contribution in [0.5, 0.6) is 0 Å². The molecule has 0 unspecified atom stereocenters. The molecule has 0 fully saturated rings. The van der Waals surface area contributed by atoms with Gasteiger partial charge in [0.15, 0.2) is 5.82 Å². The van der Waals surface area contributed by atoms with Crippen molar-refractivity contribution in [2.45, 2.75) is 19.9 Å². The molecule has 1 heterocycles. The third-order valence-electron chi connectivity index (χ3n) is 2.80. The van der Waals surface area contributed by atoms with Crippen LogP contribution in [0.2, 0.25) is 0 Å². The van der Waals surface area contributed by atoms with Crippen molar-refractivity contribution in [3.63, 3.8) is 0 Å². The fourth-order valence-corrected chi connectivity index (χ4v) is 1.78. The van der Waals surface area contributed by atoms with E-state index in [1.807, 2.05) is 13.8 Å². The molecule has 0 saturated carbocycles. The number of carbonyl (C=O) groups is 1. The lowest BCUT2D eigenvalue weighted by Gasteiger charge is -2.11. The fourth-order valence-electron chi connectivity index (χ4n) is 1.78. The zero-order chi connectivity index (χ0) is 14.7. The van der Waals surface area contributed by atoms with Crippen LogP contribution in [0, 0.1) is 0 Å². The van der Waals surface area contributed by atoms with E-state index < -0.39 is 5.97 Å². The van der Waals surface area contributed by atoms with Crippen LogP contribution in [-0.4, -0.2) is 20.6 Å². The van der Waals surface area contributed by atoms with Gasteiger partial charge in [-0.05, 0) is 32.0 Å². The Kier molecular flexibility index (Phi) is 3.84. The molecule has 0 aliphatic heterocycles. The molecule has 20 heavy (non-hydrogen) atoms. The monoisotopic (exact) mass is 273 g/mol. The topological polar surface area (TPSA) is 84.2 Å². The molecule has 0 aliphatic carbocycles. The Morgan fingerprint density at radius 1 is 1.40 bits per heavy atom. The van der Waals surface area contributed by atoms with Crippen molar-refractivity contribution in [3.05, 3.63) is 52.6 Å². The third kappa shape index (κ3) is 2.85. The van der Waals surface area contributed by atoms with Gasteiger partial charge in [-0.3, -0.25) is 4.79 Å². The summed E-state index contributed by atoms with van der Waals surface area (Å²) in [7, 11) is 0. The summed E-state index contributed by atoms with van der Waals surface area (Å²) in [5.74, 6) is -0.849. The van der Waals surface area contributed by atoms with E-state index in [0.29, 0.717) is 5.69 Å². The molecule has 1 aromatic heterocycles. The highest BCUT2D eigenvalue weighted by Gasteiger charge is 2.09. The van der Waals surface area contributed by atoms with Crippen LogP contribution < -0.4 is 10.9 Å². The first-order chi connectivity index (χ1) is 9.49. The van der Waals surface area contributed by atoms with E-state index in [1.165, 1.54) is 18.3 Å². The highest BCUT2D eigenvalue weighted by atomic mass is 16.4. The molecule has 0 spiro atoms. The molecular formula is C14H15N3O3. The fraction of sp³-hybridized carbons (Fsp3) is 0.214. The smallest absolute Gasteiger partial charge is 0.335 e. The second kappa shape index (κ2) is 5.56. The number of carboxylic acid groups (broad SMARTS) is 1. The van der Waals surface area contributed by atoms with E-state index in [0.717, 1.165) is 0 Å². The summed E-state index contributed by atoms with van der Waals surface area (Å²) in [6.45, 7) is 3.80. The van der Waals surface area contributed by atoms with Crippen LogP contribution in [0.3, 0.4) is 0 Å². The van der Waals surface area contributed by atoms with Crippen LogP contribution in [0.4, 0.5) is 11.5 Å². The zero-order valence-electron chi connectivity index (χ0n) is 11.2. The number of hydrogen-bond acceptors (Lipinski definition) is 4. The molecule has 0 amide bonds. The minimum Gasteiger partial charge on any atom is -0.478 e. The van der Waals surface area contributed by atoms with Gasteiger partial charge in [-0.1, -0.05) is 6.07 Å². The van der Waals surface area contributed by atoms with E-state index in [2.05, 4.69) is 10.3 Å². The van der Waals surface area contributed by atoms with Crippen LogP contribution in [0.1, 0.15) is 30.2 Å². The molecule has 2 N–H and O–H groups in total. The van der Waals surface area contributed by atoms with Crippen molar-refractivity contribution < 1.29 is 9.90 Å². The number of nitrogens with zero attached hydrogens (tertiary/aromatic N) is 2. The number of rotatable bonds is 4. The largest absolute Gasteiger partial charge is 0.478 e. The Balaban J connectivity index is 2.36. The van der Waals surface area contributed by atoms with Crippen molar-refractivity contribution in [2.75, 3.05) is 5.32 Å². The second-order valence-electron chi connectivity index (χ2n) is 4.59. The van der Waals surface area contributed by atoms with Crippen molar-refractivity contribution in [2.24, 2.45) is 0 Å². The molecule has 2 aromatic rings. The Hall–Kier alpha value is -2.63. The summed E-state index contributed by atoms with van der Waals surface area (Å²) in [6, 6.07) is 6.25. The van der Waals surface area contributed by atoms with E-state index in [9.17, 15) is 9.59 Å². The summed E-state index contributed by atoms with van der Waals surface area (Å²) in [5, 5.41) is 11.8. The van der Waals surface area contributed by atoms with Crippen LogP contribution in [-0.2, 0) is 0 Å². The lowest BCUT2D eigenvalue weighted by Crippen LogP contribution is -2.24. The van der Waals surface area contributed by atoms with Gasteiger partial charge in [0.2, 0.25) is 0 Å². The Bertz CT molecular complexity index is 692. The van der Waals surface area contributed by atoms with Crippen LogP contribution in [0.25, 0.3) is 0 Å². The van der Waals surface area contributed by atoms with Crippen molar-refractivity contribution in [1.29, 1.82) is 0 Å². The molecule has 0 saturated heterocycles. The summed E-state index contributed by atoms with van der Waals surface area (Å²) in [5.41, 5.74) is 0.411. The lowest BCUT2D eigenvalue weighted by molar-refractivity contribution is 0.0697. The van der Waals surface area contributed by atoms with Gasteiger partial charge in [-0.25, -0.2) is 9.78 Å². The van der Waals surface area contributed by atoms with Gasteiger partial charge in [0.05, 0.1) is 5.56 Å².